The molecule has 0 fully saturated rings. The lowest BCUT2D eigenvalue weighted by molar-refractivity contribution is 0.0691. The van der Waals surface area contributed by atoms with Crippen LogP contribution in [0.25, 0.3) is 0 Å². The van der Waals surface area contributed by atoms with Crippen LogP contribution >= 0.6 is 0 Å². The highest BCUT2D eigenvalue weighted by atomic mass is 19.2. The summed E-state index contributed by atoms with van der Waals surface area (Å²) in [5.41, 5.74) is 3.84. The molecule has 0 aliphatic rings. The molecule has 118 valence electrons. The van der Waals surface area contributed by atoms with Crippen molar-refractivity contribution in [2.75, 3.05) is 13.1 Å². The molecule has 0 aliphatic carbocycles. The molecule has 3 nitrogen and oxygen atoms in total. The molecule has 0 aliphatic heterocycles. The van der Waals surface area contributed by atoms with Gasteiger partial charge < -0.3 is 10.6 Å². The Morgan fingerprint density at radius 3 is 1.81 bits per heavy atom. The number of amides is 1. The van der Waals surface area contributed by atoms with E-state index in [1.807, 2.05) is 0 Å². The van der Waals surface area contributed by atoms with E-state index in [1.165, 1.54) is 0 Å². The fraction of sp³-hybridized carbons (Fsp3) is 0.462. The van der Waals surface area contributed by atoms with E-state index in [0.29, 0.717) is 6.42 Å². The smallest absolute Gasteiger partial charge is 0.260 e. The van der Waals surface area contributed by atoms with Gasteiger partial charge in [-0.2, -0.15) is 0 Å². The lowest BCUT2D eigenvalue weighted by atomic mass is 10.1. The van der Waals surface area contributed by atoms with Crippen LogP contribution in [0.1, 0.15) is 30.6 Å². The van der Waals surface area contributed by atoms with Gasteiger partial charge in [-0.25, -0.2) is 22.0 Å². The first kappa shape index (κ1) is 17.4. The molecule has 0 saturated heterocycles. The van der Waals surface area contributed by atoms with Gasteiger partial charge >= 0.3 is 0 Å². The lowest BCUT2D eigenvalue weighted by Gasteiger charge is -2.27. The van der Waals surface area contributed by atoms with Gasteiger partial charge in [-0.1, -0.05) is 0 Å². The van der Waals surface area contributed by atoms with E-state index in [9.17, 15) is 26.7 Å². The van der Waals surface area contributed by atoms with Gasteiger partial charge in [0.1, 0.15) is 5.56 Å². The summed E-state index contributed by atoms with van der Waals surface area (Å²) in [5, 5.41) is 0. The maximum atomic E-state index is 13.6. The van der Waals surface area contributed by atoms with E-state index in [0.717, 1.165) is 4.90 Å². The summed E-state index contributed by atoms with van der Waals surface area (Å²) in [6.45, 7) is 3.38. The second-order valence-corrected chi connectivity index (χ2v) is 4.68. The summed E-state index contributed by atoms with van der Waals surface area (Å²) < 4.78 is 66.4. The Hall–Kier alpha value is -1.70. The van der Waals surface area contributed by atoms with Gasteiger partial charge in [0.05, 0.1) is 0 Å². The molecular formula is C13H15F5N2O. The molecule has 1 rings (SSSR count). The highest BCUT2D eigenvalue weighted by Gasteiger charge is 2.32. The summed E-state index contributed by atoms with van der Waals surface area (Å²) in [6, 6.07) is -0.487. The predicted octanol–water partition coefficient (Wildman–Crippen LogP) is 2.58. The van der Waals surface area contributed by atoms with E-state index in [-0.39, 0.29) is 13.1 Å². The first-order chi connectivity index (χ1) is 9.73. The molecular weight excluding hydrogens is 295 g/mol. The Kier molecular flexibility index (Phi) is 5.65. The van der Waals surface area contributed by atoms with Gasteiger partial charge in [-0.05, 0) is 26.8 Å². The van der Waals surface area contributed by atoms with E-state index in [2.05, 4.69) is 0 Å². The molecule has 0 saturated carbocycles. The maximum absolute atomic E-state index is 13.6. The Morgan fingerprint density at radius 2 is 1.43 bits per heavy atom. The van der Waals surface area contributed by atoms with Gasteiger partial charge in [-0.3, -0.25) is 4.79 Å². The number of benzene rings is 1. The van der Waals surface area contributed by atoms with Crippen molar-refractivity contribution in [2.24, 2.45) is 5.73 Å². The van der Waals surface area contributed by atoms with Gasteiger partial charge in [-0.15, -0.1) is 0 Å². The number of carbonyl (C=O) groups is 1. The van der Waals surface area contributed by atoms with E-state index < -0.39 is 46.6 Å². The highest BCUT2D eigenvalue weighted by molar-refractivity contribution is 5.95. The SMILES string of the molecule is CC(C)N(CCCN)C(=O)c1c(F)c(F)c(F)c(F)c1F. The molecule has 0 aromatic heterocycles. The van der Waals surface area contributed by atoms with Crippen molar-refractivity contribution >= 4 is 5.91 Å². The highest BCUT2D eigenvalue weighted by Crippen LogP contribution is 2.24. The molecule has 8 heteroatoms. The number of hydrogen-bond donors (Lipinski definition) is 1. The zero-order valence-electron chi connectivity index (χ0n) is 11.5. The van der Waals surface area contributed by atoms with Crippen molar-refractivity contribution in [3.8, 4) is 0 Å². The van der Waals surface area contributed by atoms with Crippen LogP contribution < -0.4 is 5.73 Å². The largest absolute Gasteiger partial charge is 0.336 e. The maximum Gasteiger partial charge on any atom is 0.260 e. The van der Waals surface area contributed by atoms with Crippen molar-refractivity contribution in [3.05, 3.63) is 34.6 Å². The summed E-state index contributed by atoms with van der Waals surface area (Å²) in [7, 11) is 0. The molecule has 2 N–H and O–H groups in total. The molecule has 1 amide bonds. The second kappa shape index (κ2) is 6.84. The molecule has 1 aromatic rings. The number of nitrogens with two attached hydrogens (primary N) is 1. The number of hydrogen-bond acceptors (Lipinski definition) is 2. The fourth-order valence-electron chi connectivity index (χ4n) is 1.79. The average molecular weight is 310 g/mol. The Balaban J connectivity index is 3.35. The number of carbonyl (C=O) groups excluding carboxylic acids is 1. The topological polar surface area (TPSA) is 46.3 Å². The summed E-state index contributed by atoms with van der Waals surface area (Å²) in [5.74, 6) is -12.1. The normalized spacial score (nSPS) is 11.1. The average Bonchev–Trinajstić information content (AvgIpc) is 2.43. The third-order valence-corrected chi connectivity index (χ3v) is 2.91. The standard InChI is InChI=1S/C13H15F5N2O/c1-6(2)20(5-3-4-19)13(21)7-8(14)10(16)12(18)11(17)9(7)15/h6H,3-5,19H2,1-2H3. The van der Waals surface area contributed by atoms with E-state index >= 15 is 0 Å². The quantitative estimate of drug-likeness (QED) is 0.516. The molecule has 0 heterocycles. The molecule has 0 atom stereocenters. The fourth-order valence-corrected chi connectivity index (χ4v) is 1.79. The van der Waals surface area contributed by atoms with Crippen LogP contribution in [0.15, 0.2) is 0 Å². The lowest BCUT2D eigenvalue weighted by Crippen LogP contribution is -2.39. The van der Waals surface area contributed by atoms with Crippen molar-refractivity contribution in [1.29, 1.82) is 0 Å². The predicted molar refractivity (Wildman–Crippen MR) is 66.1 cm³/mol. The van der Waals surface area contributed by atoms with Crippen LogP contribution in [0.4, 0.5) is 22.0 Å². The van der Waals surface area contributed by atoms with Crippen LogP contribution in [-0.2, 0) is 0 Å². The Labute approximate surface area is 118 Å². The monoisotopic (exact) mass is 310 g/mol. The molecule has 0 unspecified atom stereocenters. The molecule has 21 heavy (non-hydrogen) atoms. The summed E-state index contributed by atoms with van der Waals surface area (Å²) in [6.07, 6.45) is 0.333. The Bertz CT molecular complexity index is 519. The van der Waals surface area contributed by atoms with Crippen LogP contribution in [0, 0.1) is 29.1 Å². The Morgan fingerprint density at radius 1 is 1.00 bits per heavy atom. The van der Waals surface area contributed by atoms with Crippen LogP contribution in [-0.4, -0.2) is 29.9 Å². The molecule has 1 aromatic carbocycles. The third kappa shape index (κ3) is 3.31. The minimum atomic E-state index is -2.29. The number of halogens is 5. The van der Waals surface area contributed by atoms with Crippen LogP contribution in [0.2, 0.25) is 0 Å². The van der Waals surface area contributed by atoms with Crippen molar-refractivity contribution in [2.45, 2.75) is 26.3 Å². The third-order valence-electron chi connectivity index (χ3n) is 2.91. The summed E-state index contributed by atoms with van der Waals surface area (Å²) in [4.78, 5) is 13.1. The number of rotatable bonds is 5. The zero-order valence-corrected chi connectivity index (χ0v) is 11.5. The van der Waals surface area contributed by atoms with Crippen molar-refractivity contribution in [3.63, 3.8) is 0 Å². The minimum absolute atomic E-state index is 0.0481. The van der Waals surface area contributed by atoms with Crippen molar-refractivity contribution < 1.29 is 26.7 Å². The van der Waals surface area contributed by atoms with Gasteiger partial charge in [0.25, 0.3) is 5.91 Å². The zero-order chi connectivity index (χ0) is 16.3. The second-order valence-electron chi connectivity index (χ2n) is 4.68. The summed E-state index contributed by atoms with van der Waals surface area (Å²) >= 11 is 0. The first-order valence-corrected chi connectivity index (χ1v) is 6.26. The van der Waals surface area contributed by atoms with E-state index in [4.69, 9.17) is 5.73 Å². The van der Waals surface area contributed by atoms with Crippen LogP contribution in [0.5, 0.6) is 0 Å². The van der Waals surface area contributed by atoms with E-state index in [1.54, 1.807) is 13.8 Å². The molecule has 0 radical (unpaired) electrons. The number of nitrogens with zero attached hydrogens (tertiary/aromatic N) is 1. The van der Waals surface area contributed by atoms with Gasteiger partial charge in [0.2, 0.25) is 5.82 Å². The van der Waals surface area contributed by atoms with Gasteiger partial charge in [0, 0.05) is 12.6 Å². The van der Waals surface area contributed by atoms with Gasteiger partial charge in [0.15, 0.2) is 23.3 Å². The molecule has 0 bridgehead atoms. The molecule has 0 spiro atoms. The van der Waals surface area contributed by atoms with Crippen molar-refractivity contribution in [1.82, 2.24) is 4.90 Å². The minimum Gasteiger partial charge on any atom is -0.336 e. The first-order valence-electron chi connectivity index (χ1n) is 6.26. The van der Waals surface area contributed by atoms with Crippen LogP contribution in [0.3, 0.4) is 0 Å².